The van der Waals surface area contributed by atoms with Crippen LogP contribution < -0.4 is 4.90 Å². The van der Waals surface area contributed by atoms with Gasteiger partial charge in [0, 0.05) is 18.8 Å². The maximum atomic E-state index is 13.3. The van der Waals surface area contributed by atoms with Crippen LogP contribution in [0, 0.1) is 0 Å². The van der Waals surface area contributed by atoms with Crippen molar-refractivity contribution in [3.05, 3.63) is 29.3 Å². The largest absolute Gasteiger partial charge is 0.418 e. The van der Waals surface area contributed by atoms with Gasteiger partial charge in [0.05, 0.1) is 5.56 Å². The van der Waals surface area contributed by atoms with Gasteiger partial charge in [-0.2, -0.15) is 13.2 Å². The van der Waals surface area contributed by atoms with Gasteiger partial charge in [0.25, 0.3) is 0 Å². The van der Waals surface area contributed by atoms with Crippen molar-refractivity contribution in [3.63, 3.8) is 0 Å². The molecule has 1 aliphatic heterocycles. The van der Waals surface area contributed by atoms with E-state index in [-0.39, 0.29) is 5.41 Å². The van der Waals surface area contributed by atoms with Crippen molar-refractivity contribution in [1.29, 1.82) is 0 Å². The summed E-state index contributed by atoms with van der Waals surface area (Å²) >= 11 is 0. The third-order valence-corrected chi connectivity index (χ3v) is 3.86. The quantitative estimate of drug-likeness (QED) is 0.702. The standard InChI is InChI=1S/C16H22F3N/c1-15(2,3)12-7-8-14(13(11-12)16(17,18)19)20-9-5-4-6-10-20/h7-8,11H,4-6,9-10H2,1-3H3. The fourth-order valence-electron chi connectivity index (χ4n) is 2.64. The van der Waals surface area contributed by atoms with Crippen LogP contribution in [0.25, 0.3) is 0 Å². The van der Waals surface area contributed by atoms with E-state index in [0.717, 1.165) is 37.9 Å². The number of nitrogens with zero attached hydrogens (tertiary/aromatic N) is 1. The summed E-state index contributed by atoms with van der Waals surface area (Å²) in [5.41, 5.74) is 0.295. The smallest absolute Gasteiger partial charge is 0.371 e. The molecule has 1 saturated heterocycles. The van der Waals surface area contributed by atoms with Crippen LogP contribution in [0.4, 0.5) is 18.9 Å². The van der Waals surface area contributed by atoms with Crippen molar-refractivity contribution in [1.82, 2.24) is 0 Å². The predicted molar refractivity (Wildman–Crippen MR) is 76.2 cm³/mol. The van der Waals surface area contributed by atoms with Crippen molar-refractivity contribution >= 4 is 5.69 Å². The Hall–Kier alpha value is -1.19. The Balaban J connectivity index is 2.45. The molecule has 0 amide bonds. The second-order valence-electron chi connectivity index (χ2n) is 6.53. The number of halogens is 3. The molecule has 20 heavy (non-hydrogen) atoms. The summed E-state index contributed by atoms with van der Waals surface area (Å²) in [7, 11) is 0. The van der Waals surface area contributed by atoms with Gasteiger partial charge in [-0.25, -0.2) is 0 Å². The van der Waals surface area contributed by atoms with E-state index in [1.165, 1.54) is 6.07 Å². The number of hydrogen-bond donors (Lipinski definition) is 0. The van der Waals surface area contributed by atoms with E-state index < -0.39 is 11.7 Å². The minimum atomic E-state index is -4.30. The summed E-state index contributed by atoms with van der Waals surface area (Å²) < 4.78 is 40.0. The molecule has 1 heterocycles. The predicted octanol–water partition coefficient (Wildman–Crippen LogP) is 4.99. The van der Waals surface area contributed by atoms with Crippen molar-refractivity contribution in [2.75, 3.05) is 18.0 Å². The molecule has 0 aliphatic carbocycles. The number of rotatable bonds is 1. The molecule has 1 aromatic rings. The summed E-state index contributed by atoms with van der Waals surface area (Å²) in [4.78, 5) is 1.87. The average molecular weight is 285 g/mol. The number of piperidine rings is 1. The summed E-state index contributed by atoms with van der Waals surface area (Å²) in [6.07, 6.45) is -1.25. The lowest BCUT2D eigenvalue weighted by Crippen LogP contribution is -2.31. The minimum Gasteiger partial charge on any atom is -0.371 e. The summed E-state index contributed by atoms with van der Waals surface area (Å²) in [5, 5.41) is 0. The van der Waals surface area contributed by atoms with Crippen LogP contribution in [0.15, 0.2) is 18.2 Å². The maximum absolute atomic E-state index is 13.3. The molecular weight excluding hydrogens is 263 g/mol. The number of alkyl halides is 3. The van der Waals surface area contributed by atoms with Gasteiger partial charge >= 0.3 is 6.18 Å². The Morgan fingerprint density at radius 3 is 2.05 bits per heavy atom. The Labute approximate surface area is 118 Å². The summed E-state index contributed by atoms with van der Waals surface area (Å²) in [6.45, 7) is 7.24. The van der Waals surface area contributed by atoms with Gasteiger partial charge in [-0.05, 0) is 42.4 Å². The molecule has 112 valence electrons. The van der Waals surface area contributed by atoms with Crippen LogP contribution in [0.2, 0.25) is 0 Å². The molecule has 0 radical (unpaired) electrons. The van der Waals surface area contributed by atoms with Gasteiger partial charge in [-0.3, -0.25) is 0 Å². The van der Waals surface area contributed by atoms with E-state index in [9.17, 15) is 13.2 Å². The number of anilines is 1. The molecule has 1 nitrogen and oxygen atoms in total. The molecule has 0 N–H and O–H groups in total. The van der Waals surface area contributed by atoms with E-state index in [1.54, 1.807) is 6.07 Å². The molecule has 0 atom stereocenters. The highest BCUT2D eigenvalue weighted by Crippen LogP contribution is 2.40. The van der Waals surface area contributed by atoms with Gasteiger partial charge in [0.1, 0.15) is 0 Å². The molecule has 0 spiro atoms. The SMILES string of the molecule is CC(C)(C)c1ccc(N2CCCCC2)c(C(F)(F)F)c1. The van der Waals surface area contributed by atoms with Gasteiger partial charge in [0.2, 0.25) is 0 Å². The first-order chi connectivity index (χ1) is 9.19. The lowest BCUT2D eigenvalue weighted by molar-refractivity contribution is -0.137. The molecular formula is C16H22F3N. The second-order valence-corrected chi connectivity index (χ2v) is 6.53. The Bertz CT molecular complexity index is 466. The topological polar surface area (TPSA) is 3.24 Å². The van der Waals surface area contributed by atoms with Crippen LogP contribution in [0.1, 0.15) is 51.2 Å². The molecule has 1 aromatic carbocycles. The zero-order valence-electron chi connectivity index (χ0n) is 12.3. The molecule has 0 aromatic heterocycles. The van der Waals surface area contributed by atoms with Crippen LogP contribution in [-0.4, -0.2) is 13.1 Å². The monoisotopic (exact) mass is 285 g/mol. The molecule has 1 aliphatic rings. The lowest BCUT2D eigenvalue weighted by Gasteiger charge is -2.32. The Morgan fingerprint density at radius 2 is 1.55 bits per heavy atom. The average Bonchev–Trinajstić information content (AvgIpc) is 2.37. The van der Waals surface area contributed by atoms with Crippen LogP contribution in [0.3, 0.4) is 0 Å². The fourth-order valence-corrected chi connectivity index (χ4v) is 2.64. The fraction of sp³-hybridized carbons (Fsp3) is 0.625. The second kappa shape index (κ2) is 5.30. The van der Waals surface area contributed by atoms with E-state index in [0.29, 0.717) is 5.69 Å². The van der Waals surface area contributed by atoms with E-state index in [1.807, 2.05) is 31.7 Å². The molecule has 1 fully saturated rings. The third kappa shape index (κ3) is 3.28. The molecule has 0 unspecified atom stereocenters. The highest BCUT2D eigenvalue weighted by atomic mass is 19.4. The normalized spacial score (nSPS) is 17.4. The zero-order valence-corrected chi connectivity index (χ0v) is 12.3. The van der Waals surface area contributed by atoms with Gasteiger partial charge in [-0.15, -0.1) is 0 Å². The lowest BCUT2D eigenvalue weighted by atomic mass is 9.85. The molecule has 2 rings (SSSR count). The highest BCUT2D eigenvalue weighted by molar-refractivity contribution is 5.57. The first kappa shape index (κ1) is 15.2. The van der Waals surface area contributed by atoms with E-state index in [4.69, 9.17) is 0 Å². The van der Waals surface area contributed by atoms with Crippen LogP contribution >= 0.6 is 0 Å². The third-order valence-electron chi connectivity index (χ3n) is 3.86. The Kier molecular flexibility index (Phi) is 4.03. The van der Waals surface area contributed by atoms with Crippen molar-refractivity contribution in [2.45, 2.75) is 51.6 Å². The summed E-state index contributed by atoms with van der Waals surface area (Å²) in [5.74, 6) is 0. The maximum Gasteiger partial charge on any atom is 0.418 e. The van der Waals surface area contributed by atoms with Crippen LogP contribution in [-0.2, 0) is 11.6 Å². The zero-order chi connectivity index (χ0) is 15.0. The Morgan fingerprint density at radius 1 is 0.950 bits per heavy atom. The molecule has 0 bridgehead atoms. The van der Waals surface area contributed by atoms with Gasteiger partial charge in [-0.1, -0.05) is 26.8 Å². The van der Waals surface area contributed by atoms with Crippen molar-refractivity contribution < 1.29 is 13.2 Å². The minimum absolute atomic E-state index is 0.277. The number of benzene rings is 1. The highest BCUT2D eigenvalue weighted by Gasteiger charge is 2.36. The van der Waals surface area contributed by atoms with E-state index >= 15 is 0 Å². The van der Waals surface area contributed by atoms with Crippen molar-refractivity contribution in [3.8, 4) is 0 Å². The van der Waals surface area contributed by atoms with E-state index in [2.05, 4.69) is 0 Å². The molecule has 0 saturated carbocycles. The van der Waals surface area contributed by atoms with Crippen molar-refractivity contribution in [2.24, 2.45) is 0 Å². The van der Waals surface area contributed by atoms with Gasteiger partial charge < -0.3 is 4.90 Å². The first-order valence-corrected chi connectivity index (χ1v) is 7.16. The first-order valence-electron chi connectivity index (χ1n) is 7.16. The number of hydrogen-bond acceptors (Lipinski definition) is 1. The van der Waals surface area contributed by atoms with Crippen LogP contribution in [0.5, 0.6) is 0 Å². The van der Waals surface area contributed by atoms with Gasteiger partial charge in [0.15, 0.2) is 0 Å². The summed E-state index contributed by atoms with van der Waals surface area (Å²) in [6, 6.07) is 4.80. The molecule has 4 heteroatoms.